The molecule has 24 heavy (non-hydrogen) atoms. The van der Waals surface area contributed by atoms with Gasteiger partial charge in [0.2, 0.25) is 0 Å². The minimum absolute atomic E-state index is 0.00454. The minimum atomic E-state index is -1.17. The summed E-state index contributed by atoms with van der Waals surface area (Å²) in [7, 11) is 0.832. The zero-order chi connectivity index (χ0) is 18.0. The average Bonchev–Trinajstić information content (AvgIpc) is 2.50. The first kappa shape index (κ1) is 19.1. The summed E-state index contributed by atoms with van der Waals surface area (Å²) in [6, 6.07) is 1.05. The van der Waals surface area contributed by atoms with Gasteiger partial charge in [-0.05, 0) is 34.4 Å². The quantitative estimate of drug-likeness (QED) is 0.431. The van der Waals surface area contributed by atoms with Crippen LogP contribution in [0.5, 0.6) is 0 Å². The Balaban J connectivity index is 2.39. The molecule has 0 aliphatic heterocycles. The monoisotopic (exact) mass is 382 g/mol. The fourth-order valence-corrected chi connectivity index (χ4v) is 4.36. The van der Waals surface area contributed by atoms with Gasteiger partial charge in [0.05, 0.1) is 9.79 Å². The summed E-state index contributed by atoms with van der Waals surface area (Å²) in [5.74, 6) is -6.59. The first-order valence-electron chi connectivity index (χ1n) is 6.98. The van der Waals surface area contributed by atoms with Crippen LogP contribution in [0.2, 0.25) is 0 Å². The molecule has 0 fully saturated rings. The van der Waals surface area contributed by atoms with E-state index in [1.807, 2.05) is 0 Å². The van der Waals surface area contributed by atoms with E-state index in [0.717, 1.165) is 0 Å². The third-order valence-electron chi connectivity index (χ3n) is 3.36. The van der Waals surface area contributed by atoms with Crippen LogP contribution in [-0.4, -0.2) is 0 Å². The second-order valence-electron chi connectivity index (χ2n) is 4.80. The number of hydrogen-bond acceptors (Lipinski definition) is 2. The molecular weight excluding hydrogens is 370 g/mol. The summed E-state index contributed by atoms with van der Waals surface area (Å²) in [6.07, 6.45) is -0.00907. The molecule has 0 bridgehead atoms. The number of hydrogen-bond donors (Lipinski definition) is 0. The highest BCUT2D eigenvalue weighted by Gasteiger charge is 2.22. The molecule has 0 saturated carbocycles. The molecule has 130 valence electrons. The molecule has 2 rings (SSSR count). The fourth-order valence-electron chi connectivity index (χ4n) is 2.11. The molecule has 2 aromatic rings. The summed E-state index contributed by atoms with van der Waals surface area (Å²) < 4.78 is 82.8. The van der Waals surface area contributed by atoms with Gasteiger partial charge < -0.3 is 0 Å². The van der Waals surface area contributed by atoms with E-state index in [1.165, 1.54) is 13.8 Å². The predicted octanol–water partition coefficient (Wildman–Crippen LogP) is 6.45. The molecule has 2 aromatic carbocycles. The number of rotatable bonds is 5. The topological polar surface area (TPSA) is 0 Å². The van der Waals surface area contributed by atoms with Crippen molar-refractivity contribution in [3.63, 3.8) is 0 Å². The number of benzene rings is 2. The van der Waals surface area contributed by atoms with E-state index in [9.17, 15) is 26.3 Å². The molecule has 0 aliphatic carbocycles. The van der Waals surface area contributed by atoms with Crippen molar-refractivity contribution >= 4 is 21.6 Å². The summed E-state index contributed by atoms with van der Waals surface area (Å²) in [5, 5.41) is 0. The van der Waals surface area contributed by atoms with E-state index < -0.39 is 44.7 Å². The second-order valence-corrected chi connectivity index (χ2v) is 6.95. The molecule has 0 radical (unpaired) electrons. The van der Waals surface area contributed by atoms with E-state index in [-0.39, 0.29) is 24.0 Å². The molecule has 0 nitrogen and oxygen atoms in total. The van der Waals surface area contributed by atoms with Crippen molar-refractivity contribution in [1.82, 2.24) is 0 Å². The van der Waals surface area contributed by atoms with Gasteiger partial charge in [-0.3, -0.25) is 0 Å². The largest absolute Gasteiger partial charge is 0.206 e. The maximum absolute atomic E-state index is 14.1. The maximum atomic E-state index is 14.1. The molecule has 0 atom stereocenters. The Bertz CT molecular complexity index is 711. The van der Waals surface area contributed by atoms with Gasteiger partial charge in [-0.2, -0.15) is 0 Å². The van der Waals surface area contributed by atoms with Gasteiger partial charge in [-0.15, -0.1) is 0 Å². The van der Waals surface area contributed by atoms with Crippen molar-refractivity contribution in [3.05, 3.63) is 58.2 Å². The molecule has 0 N–H and O–H groups in total. The zero-order valence-corrected chi connectivity index (χ0v) is 14.3. The van der Waals surface area contributed by atoms with Crippen LogP contribution in [-0.2, 0) is 12.8 Å². The molecule has 0 aromatic heterocycles. The van der Waals surface area contributed by atoms with Crippen molar-refractivity contribution in [2.75, 3.05) is 0 Å². The predicted molar refractivity (Wildman–Crippen MR) is 83.1 cm³/mol. The van der Waals surface area contributed by atoms with Crippen LogP contribution in [0.3, 0.4) is 0 Å². The van der Waals surface area contributed by atoms with Crippen LogP contribution in [0, 0.1) is 34.9 Å². The minimum Gasteiger partial charge on any atom is -0.206 e. The van der Waals surface area contributed by atoms with Gasteiger partial charge in [0.25, 0.3) is 0 Å². The lowest BCUT2D eigenvalue weighted by molar-refractivity contribution is 0.494. The first-order valence-corrected chi connectivity index (χ1v) is 9.13. The Labute approximate surface area is 143 Å². The lowest BCUT2D eigenvalue weighted by atomic mass is 10.1. The van der Waals surface area contributed by atoms with Crippen molar-refractivity contribution < 1.29 is 26.3 Å². The maximum Gasteiger partial charge on any atom is 0.146 e. The third-order valence-corrected chi connectivity index (χ3v) is 5.78. The molecule has 8 heteroatoms. The highest BCUT2D eigenvalue weighted by molar-refractivity contribution is 8.76. The van der Waals surface area contributed by atoms with E-state index in [1.54, 1.807) is 0 Å². The Morgan fingerprint density at radius 1 is 0.625 bits per heavy atom. The molecule has 0 heterocycles. The molecular formula is C16H12F6S2. The van der Waals surface area contributed by atoms with Gasteiger partial charge in [0.1, 0.15) is 34.9 Å². The smallest absolute Gasteiger partial charge is 0.146 e. The van der Waals surface area contributed by atoms with Crippen molar-refractivity contribution in [3.8, 4) is 0 Å². The molecule has 0 amide bonds. The Morgan fingerprint density at radius 2 is 0.958 bits per heavy atom. The SMILES string of the molecule is CCc1c(F)cc(F)c(SSc2c(F)cc(F)c(CC)c2F)c1F. The van der Waals surface area contributed by atoms with E-state index >= 15 is 0 Å². The number of halogens is 6. The van der Waals surface area contributed by atoms with Crippen LogP contribution in [0.25, 0.3) is 0 Å². The van der Waals surface area contributed by atoms with Crippen LogP contribution < -0.4 is 0 Å². The lowest BCUT2D eigenvalue weighted by Gasteiger charge is -2.11. The Kier molecular flexibility index (Phi) is 6.14. The van der Waals surface area contributed by atoms with Crippen LogP contribution >= 0.6 is 21.6 Å². The van der Waals surface area contributed by atoms with Crippen LogP contribution in [0.4, 0.5) is 26.3 Å². The van der Waals surface area contributed by atoms with Gasteiger partial charge in [-0.25, -0.2) is 26.3 Å². The summed E-state index contributed by atoms with van der Waals surface area (Å²) in [6.45, 7) is 2.99. The third kappa shape index (κ3) is 3.54. The van der Waals surface area contributed by atoms with E-state index in [4.69, 9.17) is 0 Å². The van der Waals surface area contributed by atoms with Crippen LogP contribution in [0.15, 0.2) is 21.9 Å². The highest BCUT2D eigenvalue weighted by atomic mass is 33.1. The molecule has 0 spiro atoms. The first-order chi connectivity index (χ1) is 11.3. The van der Waals surface area contributed by atoms with Gasteiger partial charge in [0, 0.05) is 23.3 Å². The lowest BCUT2D eigenvalue weighted by Crippen LogP contribution is -2.00. The van der Waals surface area contributed by atoms with Crippen molar-refractivity contribution in [1.29, 1.82) is 0 Å². The molecule has 0 aliphatic rings. The van der Waals surface area contributed by atoms with E-state index in [2.05, 4.69) is 0 Å². The molecule has 0 unspecified atom stereocenters. The average molecular weight is 382 g/mol. The van der Waals surface area contributed by atoms with Gasteiger partial charge in [-0.1, -0.05) is 13.8 Å². The zero-order valence-electron chi connectivity index (χ0n) is 12.7. The Morgan fingerprint density at radius 3 is 1.25 bits per heavy atom. The van der Waals surface area contributed by atoms with E-state index in [0.29, 0.717) is 33.7 Å². The molecule has 0 saturated heterocycles. The normalized spacial score (nSPS) is 11.2. The Hall–Kier alpha value is -1.28. The highest BCUT2D eigenvalue weighted by Crippen LogP contribution is 2.44. The van der Waals surface area contributed by atoms with Crippen molar-refractivity contribution in [2.45, 2.75) is 36.5 Å². The summed E-state index contributed by atoms with van der Waals surface area (Å²) in [5.41, 5.74) is -0.623. The standard InChI is InChI=1S/C16H12F6S2/c1-3-7-9(17)5-11(19)15(13(7)21)23-24-16-12(20)6-10(18)8(4-2)14(16)22/h5-6H,3-4H2,1-2H3. The van der Waals surface area contributed by atoms with Crippen molar-refractivity contribution in [2.24, 2.45) is 0 Å². The summed E-state index contributed by atoms with van der Waals surface area (Å²) >= 11 is 0. The fraction of sp³-hybridized carbons (Fsp3) is 0.250. The van der Waals surface area contributed by atoms with Gasteiger partial charge >= 0.3 is 0 Å². The summed E-state index contributed by atoms with van der Waals surface area (Å²) in [4.78, 5) is -1.11. The van der Waals surface area contributed by atoms with Crippen LogP contribution in [0.1, 0.15) is 25.0 Å². The second kappa shape index (κ2) is 7.74. The van der Waals surface area contributed by atoms with Gasteiger partial charge in [0.15, 0.2) is 0 Å².